The smallest absolute Gasteiger partial charge is 0.0570 e. The highest BCUT2D eigenvalue weighted by Crippen LogP contribution is 2.06. The van der Waals surface area contributed by atoms with E-state index >= 15 is 0 Å². The molecule has 0 aliphatic carbocycles. The first-order chi connectivity index (χ1) is 4.54. The van der Waals surface area contributed by atoms with Gasteiger partial charge in [-0.3, -0.25) is 0 Å². The Morgan fingerprint density at radius 2 is 1.70 bits per heavy atom. The molecule has 0 saturated carbocycles. The first-order valence-electron chi connectivity index (χ1n) is 3.98. The molecule has 0 fully saturated rings. The van der Waals surface area contributed by atoms with E-state index in [9.17, 15) is 0 Å². The van der Waals surface area contributed by atoms with E-state index in [0.29, 0.717) is 17.9 Å². The van der Waals surface area contributed by atoms with Crippen LogP contribution in [0.4, 0.5) is 0 Å². The molecule has 1 radical (unpaired) electrons. The van der Waals surface area contributed by atoms with Crippen LogP contribution in [0.25, 0.3) is 0 Å². The topological polar surface area (TPSA) is 9.23 Å². The van der Waals surface area contributed by atoms with Gasteiger partial charge < -0.3 is 4.74 Å². The molecular weight excluding hydrogens is 124 g/mol. The summed E-state index contributed by atoms with van der Waals surface area (Å²) in [7, 11) is 0. The molecule has 0 N–H and O–H groups in total. The second kappa shape index (κ2) is 4.73. The maximum absolute atomic E-state index is 5.50. The molecule has 2 unspecified atom stereocenters. The van der Waals surface area contributed by atoms with Gasteiger partial charge in [0, 0.05) is 6.61 Å². The van der Waals surface area contributed by atoms with Crippen LogP contribution in [0.15, 0.2) is 0 Å². The molecule has 10 heavy (non-hydrogen) atoms. The van der Waals surface area contributed by atoms with Crippen LogP contribution in [0.5, 0.6) is 0 Å². The first kappa shape index (κ1) is 9.96. The van der Waals surface area contributed by atoms with Crippen molar-refractivity contribution < 1.29 is 4.74 Å². The summed E-state index contributed by atoms with van der Waals surface area (Å²) in [6.07, 6.45) is 0.365. The van der Waals surface area contributed by atoms with Crippen molar-refractivity contribution in [1.82, 2.24) is 0 Å². The second-order valence-electron chi connectivity index (χ2n) is 3.39. The minimum atomic E-state index is 0.365. The van der Waals surface area contributed by atoms with E-state index in [1.807, 2.05) is 0 Å². The molecule has 2 atom stereocenters. The van der Waals surface area contributed by atoms with Crippen LogP contribution >= 0.6 is 0 Å². The molecule has 0 aliphatic heterocycles. The minimum Gasteiger partial charge on any atom is -0.378 e. The van der Waals surface area contributed by atoms with Gasteiger partial charge in [-0.2, -0.15) is 0 Å². The lowest BCUT2D eigenvalue weighted by molar-refractivity contribution is 0.0238. The van der Waals surface area contributed by atoms with E-state index in [4.69, 9.17) is 4.74 Å². The fraction of sp³-hybridized carbons (Fsp3) is 0.889. The monoisotopic (exact) mass is 143 g/mol. The molecule has 0 rings (SSSR count). The zero-order valence-corrected chi connectivity index (χ0v) is 7.55. The third-order valence-electron chi connectivity index (χ3n) is 1.58. The summed E-state index contributed by atoms with van der Waals surface area (Å²) in [6.45, 7) is 13.1. The standard InChI is InChI=1S/C9H19O/c1-7(2)6-10-9(5)8(3)4/h7-9H,1,6H2,2-5H3. The highest BCUT2D eigenvalue weighted by atomic mass is 16.5. The summed E-state index contributed by atoms with van der Waals surface area (Å²) < 4.78 is 5.50. The molecule has 0 aliphatic rings. The van der Waals surface area contributed by atoms with Crippen LogP contribution in [0, 0.1) is 18.8 Å². The lowest BCUT2D eigenvalue weighted by atomic mass is 10.1. The van der Waals surface area contributed by atoms with Crippen LogP contribution in [0.2, 0.25) is 0 Å². The van der Waals surface area contributed by atoms with Crippen LogP contribution in [-0.2, 0) is 4.74 Å². The van der Waals surface area contributed by atoms with E-state index in [1.54, 1.807) is 0 Å². The highest BCUT2D eigenvalue weighted by molar-refractivity contribution is 4.57. The molecule has 1 heteroatoms. The number of hydrogen-bond donors (Lipinski definition) is 0. The van der Waals surface area contributed by atoms with Gasteiger partial charge in [0.05, 0.1) is 6.10 Å². The molecule has 1 nitrogen and oxygen atoms in total. The minimum absolute atomic E-state index is 0.365. The quantitative estimate of drug-likeness (QED) is 0.587. The maximum Gasteiger partial charge on any atom is 0.0570 e. The largest absolute Gasteiger partial charge is 0.378 e. The molecule has 0 amide bonds. The van der Waals surface area contributed by atoms with Crippen LogP contribution in [0.1, 0.15) is 27.7 Å². The highest BCUT2D eigenvalue weighted by Gasteiger charge is 2.06. The average Bonchev–Trinajstić information content (AvgIpc) is 1.82. The van der Waals surface area contributed by atoms with Crippen molar-refractivity contribution in [1.29, 1.82) is 0 Å². The zero-order valence-electron chi connectivity index (χ0n) is 7.55. The molecule has 0 saturated heterocycles. The molecular formula is C9H19O. The Morgan fingerprint density at radius 1 is 1.20 bits per heavy atom. The Hall–Kier alpha value is -0.0400. The Labute approximate surface area is 64.8 Å². The van der Waals surface area contributed by atoms with Gasteiger partial charge in [-0.15, -0.1) is 0 Å². The lowest BCUT2D eigenvalue weighted by Crippen LogP contribution is -2.18. The van der Waals surface area contributed by atoms with Crippen LogP contribution in [-0.4, -0.2) is 12.7 Å². The van der Waals surface area contributed by atoms with Crippen molar-refractivity contribution in [2.24, 2.45) is 11.8 Å². The van der Waals surface area contributed by atoms with Gasteiger partial charge in [-0.05, 0) is 25.7 Å². The van der Waals surface area contributed by atoms with Gasteiger partial charge in [0.2, 0.25) is 0 Å². The van der Waals surface area contributed by atoms with Gasteiger partial charge in [0.25, 0.3) is 0 Å². The SMILES string of the molecule is [CH2]C(C)COC(C)C(C)C. The van der Waals surface area contributed by atoms with Crippen molar-refractivity contribution in [3.8, 4) is 0 Å². The van der Waals surface area contributed by atoms with E-state index in [1.165, 1.54) is 0 Å². The normalized spacial score (nSPS) is 14.7. The maximum atomic E-state index is 5.50. The molecule has 0 bridgehead atoms. The van der Waals surface area contributed by atoms with Gasteiger partial charge in [-0.25, -0.2) is 0 Å². The van der Waals surface area contributed by atoms with E-state index < -0.39 is 0 Å². The molecule has 0 heterocycles. The van der Waals surface area contributed by atoms with E-state index in [0.717, 1.165) is 6.61 Å². The molecule has 0 aromatic heterocycles. The predicted octanol–water partition coefficient (Wildman–Crippen LogP) is 2.52. The summed E-state index contributed by atoms with van der Waals surface area (Å²) in [5.41, 5.74) is 0. The Kier molecular flexibility index (Phi) is 4.71. The van der Waals surface area contributed by atoms with Crippen molar-refractivity contribution in [3.05, 3.63) is 6.92 Å². The number of rotatable bonds is 4. The Bertz CT molecular complexity index is 76.8. The Morgan fingerprint density at radius 3 is 2.00 bits per heavy atom. The number of ether oxygens (including phenoxy) is 1. The zero-order chi connectivity index (χ0) is 8.15. The number of hydrogen-bond acceptors (Lipinski definition) is 1. The average molecular weight is 143 g/mol. The van der Waals surface area contributed by atoms with Gasteiger partial charge >= 0.3 is 0 Å². The summed E-state index contributed by atoms with van der Waals surface area (Å²) in [6, 6.07) is 0. The fourth-order valence-corrected chi connectivity index (χ4v) is 0.508. The summed E-state index contributed by atoms with van der Waals surface area (Å²) in [5.74, 6) is 1.01. The van der Waals surface area contributed by atoms with Crippen molar-refractivity contribution >= 4 is 0 Å². The van der Waals surface area contributed by atoms with Gasteiger partial charge in [-0.1, -0.05) is 20.8 Å². The van der Waals surface area contributed by atoms with Crippen LogP contribution in [0.3, 0.4) is 0 Å². The van der Waals surface area contributed by atoms with Crippen molar-refractivity contribution in [2.45, 2.75) is 33.8 Å². The van der Waals surface area contributed by atoms with Crippen molar-refractivity contribution in [3.63, 3.8) is 0 Å². The summed E-state index contributed by atoms with van der Waals surface area (Å²) >= 11 is 0. The summed E-state index contributed by atoms with van der Waals surface area (Å²) in [4.78, 5) is 0. The molecule has 0 aromatic carbocycles. The fourth-order valence-electron chi connectivity index (χ4n) is 0.508. The van der Waals surface area contributed by atoms with Crippen LogP contribution < -0.4 is 0 Å². The van der Waals surface area contributed by atoms with E-state index in [2.05, 4.69) is 34.6 Å². The van der Waals surface area contributed by atoms with Gasteiger partial charge in [0.15, 0.2) is 0 Å². The predicted molar refractivity (Wildman–Crippen MR) is 44.8 cm³/mol. The Balaban J connectivity index is 3.30. The van der Waals surface area contributed by atoms with E-state index in [-0.39, 0.29) is 0 Å². The third kappa shape index (κ3) is 4.80. The molecule has 61 valence electrons. The second-order valence-corrected chi connectivity index (χ2v) is 3.39. The lowest BCUT2D eigenvalue weighted by Gasteiger charge is -2.17. The summed E-state index contributed by atoms with van der Waals surface area (Å²) in [5, 5.41) is 0. The first-order valence-corrected chi connectivity index (χ1v) is 3.98. The molecule has 0 spiro atoms. The molecule has 0 aromatic rings. The third-order valence-corrected chi connectivity index (χ3v) is 1.58. The van der Waals surface area contributed by atoms with Gasteiger partial charge in [0.1, 0.15) is 0 Å². The van der Waals surface area contributed by atoms with Crippen molar-refractivity contribution in [2.75, 3.05) is 6.61 Å².